The van der Waals surface area contributed by atoms with E-state index in [4.69, 9.17) is 4.74 Å². The third-order valence-corrected chi connectivity index (χ3v) is 5.73. The number of hydrogen-bond acceptors (Lipinski definition) is 4. The third-order valence-electron chi connectivity index (χ3n) is 3.97. The van der Waals surface area contributed by atoms with E-state index < -0.39 is 15.9 Å². The molecule has 3 aromatic carbocycles. The van der Waals surface area contributed by atoms with Gasteiger partial charge < -0.3 is 4.74 Å². The first-order valence-corrected chi connectivity index (χ1v) is 10.3. The molecule has 8 heteroatoms. The SMILES string of the molecule is COc1ccc(Br)cc1S(=O)(=O)NNC(=O)Cc1cccc2ccccc12. The largest absolute Gasteiger partial charge is 0.495 e. The van der Waals surface area contributed by atoms with Crippen LogP contribution in [0.1, 0.15) is 5.56 Å². The van der Waals surface area contributed by atoms with Crippen LogP contribution >= 0.6 is 15.9 Å². The number of benzene rings is 3. The van der Waals surface area contributed by atoms with Crippen LogP contribution in [0.25, 0.3) is 10.8 Å². The normalized spacial score (nSPS) is 11.3. The van der Waals surface area contributed by atoms with Gasteiger partial charge >= 0.3 is 0 Å². The average Bonchev–Trinajstić information content (AvgIpc) is 2.67. The number of ether oxygens (including phenoxy) is 1. The molecule has 3 aromatic rings. The van der Waals surface area contributed by atoms with E-state index in [0.29, 0.717) is 4.47 Å². The van der Waals surface area contributed by atoms with Crippen LogP contribution in [-0.2, 0) is 21.2 Å². The van der Waals surface area contributed by atoms with Gasteiger partial charge in [0, 0.05) is 4.47 Å². The molecule has 27 heavy (non-hydrogen) atoms. The first-order chi connectivity index (χ1) is 12.9. The highest BCUT2D eigenvalue weighted by atomic mass is 79.9. The lowest BCUT2D eigenvalue weighted by Crippen LogP contribution is -2.42. The Balaban J connectivity index is 1.74. The number of halogens is 1. The van der Waals surface area contributed by atoms with Gasteiger partial charge in [-0.3, -0.25) is 10.2 Å². The number of hydrogen-bond donors (Lipinski definition) is 2. The van der Waals surface area contributed by atoms with Gasteiger partial charge in [-0.2, -0.15) is 0 Å². The second-order valence-electron chi connectivity index (χ2n) is 5.76. The van der Waals surface area contributed by atoms with E-state index in [2.05, 4.69) is 26.2 Å². The molecule has 0 aliphatic rings. The summed E-state index contributed by atoms with van der Waals surface area (Å²) in [5.74, 6) is -0.294. The summed E-state index contributed by atoms with van der Waals surface area (Å²) in [5.41, 5.74) is 3.07. The summed E-state index contributed by atoms with van der Waals surface area (Å²) in [4.78, 5) is 14.3. The average molecular weight is 449 g/mol. The molecule has 0 bridgehead atoms. The van der Waals surface area contributed by atoms with Gasteiger partial charge in [0.25, 0.3) is 10.0 Å². The van der Waals surface area contributed by atoms with E-state index in [-0.39, 0.29) is 17.1 Å². The van der Waals surface area contributed by atoms with E-state index in [1.165, 1.54) is 19.2 Å². The van der Waals surface area contributed by atoms with Crippen LogP contribution in [0.2, 0.25) is 0 Å². The zero-order valence-corrected chi connectivity index (χ0v) is 16.8. The van der Waals surface area contributed by atoms with Gasteiger partial charge in [0.05, 0.1) is 13.5 Å². The summed E-state index contributed by atoms with van der Waals surface area (Å²) >= 11 is 3.23. The minimum atomic E-state index is -3.99. The lowest BCUT2D eigenvalue weighted by atomic mass is 10.0. The Bertz CT molecular complexity index is 1090. The number of amides is 1. The highest BCUT2D eigenvalue weighted by Gasteiger charge is 2.21. The van der Waals surface area contributed by atoms with E-state index in [1.54, 1.807) is 6.07 Å². The fourth-order valence-corrected chi connectivity index (χ4v) is 4.27. The van der Waals surface area contributed by atoms with Crippen molar-refractivity contribution in [3.05, 3.63) is 70.7 Å². The first kappa shape index (κ1) is 19.3. The molecule has 0 saturated heterocycles. The molecule has 0 heterocycles. The molecule has 0 unspecified atom stereocenters. The van der Waals surface area contributed by atoms with Crippen molar-refractivity contribution >= 4 is 42.6 Å². The maximum absolute atomic E-state index is 12.5. The molecule has 1 amide bonds. The van der Waals surface area contributed by atoms with E-state index in [1.807, 2.05) is 42.5 Å². The Morgan fingerprint density at radius 3 is 2.59 bits per heavy atom. The molecule has 2 N–H and O–H groups in total. The van der Waals surface area contributed by atoms with Crippen LogP contribution in [0.3, 0.4) is 0 Å². The summed E-state index contributed by atoms with van der Waals surface area (Å²) in [5, 5.41) is 1.97. The molecule has 140 valence electrons. The number of hydrazine groups is 1. The summed E-state index contributed by atoms with van der Waals surface area (Å²) in [6.07, 6.45) is 0.0412. The molecule has 0 fully saturated rings. The smallest absolute Gasteiger partial charge is 0.261 e. The van der Waals surface area contributed by atoms with Crippen LogP contribution in [0.4, 0.5) is 0 Å². The fraction of sp³-hybridized carbons (Fsp3) is 0.105. The molecule has 0 spiro atoms. The summed E-state index contributed by atoms with van der Waals surface area (Å²) in [7, 11) is -2.62. The minimum Gasteiger partial charge on any atom is -0.495 e. The zero-order valence-electron chi connectivity index (χ0n) is 14.4. The molecule has 0 saturated carbocycles. The van der Waals surface area contributed by atoms with Crippen molar-refractivity contribution in [3.8, 4) is 5.75 Å². The quantitative estimate of drug-likeness (QED) is 0.567. The van der Waals surface area contributed by atoms with Crippen molar-refractivity contribution in [2.24, 2.45) is 0 Å². The monoisotopic (exact) mass is 448 g/mol. The molecule has 0 aliphatic carbocycles. The van der Waals surface area contributed by atoms with Gasteiger partial charge in [0.2, 0.25) is 5.91 Å². The maximum atomic E-state index is 12.5. The Kier molecular flexibility index (Phi) is 5.79. The predicted octanol–water partition coefficient (Wildman–Crippen LogP) is 3.16. The highest BCUT2D eigenvalue weighted by Crippen LogP contribution is 2.26. The lowest BCUT2D eigenvalue weighted by Gasteiger charge is -2.12. The van der Waals surface area contributed by atoms with Crippen molar-refractivity contribution in [1.82, 2.24) is 10.3 Å². The van der Waals surface area contributed by atoms with Crippen LogP contribution in [0.5, 0.6) is 5.75 Å². The van der Waals surface area contributed by atoms with Crippen molar-refractivity contribution in [2.45, 2.75) is 11.3 Å². The van der Waals surface area contributed by atoms with Crippen LogP contribution in [0, 0.1) is 0 Å². The predicted molar refractivity (Wildman–Crippen MR) is 107 cm³/mol. The standard InChI is InChI=1S/C19H17BrN2O4S/c1-26-17-10-9-15(20)12-18(17)27(24,25)22-21-19(23)11-14-7-4-6-13-5-2-3-8-16(13)14/h2-10,12,22H,11H2,1H3,(H,21,23). The van der Waals surface area contributed by atoms with Crippen molar-refractivity contribution in [2.75, 3.05) is 7.11 Å². The second kappa shape index (κ2) is 8.08. The van der Waals surface area contributed by atoms with Crippen molar-refractivity contribution in [3.63, 3.8) is 0 Å². The minimum absolute atomic E-state index is 0.0412. The first-order valence-electron chi connectivity index (χ1n) is 8.01. The third kappa shape index (κ3) is 4.47. The number of carbonyl (C=O) groups excluding carboxylic acids is 1. The Labute approximate surface area is 165 Å². The van der Waals surface area contributed by atoms with Crippen molar-refractivity contribution in [1.29, 1.82) is 0 Å². The zero-order chi connectivity index (χ0) is 19.4. The number of nitrogens with one attached hydrogen (secondary N) is 2. The topological polar surface area (TPSA) is 84.5 Å². The van der Waals surface area contributed by atoms with Crippen LogP contribution < -0.4 is 15.0 Å². The molecular formula is C19H17BrN2O4S. The van der Waals surface area contributed by atoms with Crippen LogP contribution in [-0.4, -0.2) is 21.4 Å². The number of fused-ring (bicyclic) bond motifs is 1. The molecule has 0 aromatic heterocycles. The Morgan fingerprint density at radius 1 is 1.07 bits per heavy atom. The van der Waals surface area contributed by atoms with Gasteiger partial charge in [0.15, 0.2) is 0 Å². The second-order valence-corrected chi connectivity index (χ2v) is 8.33. The van der Waals surface area contributed by atoms with Gasteiger partial charge in [-0.05, 0) is 34.5 Å². The molecule has 3 rings (SSSR count). The lowest BCUT2D eigenvalue weighted by molar-refractivity contribution is -0.120. The summed E-state index contributed by atoms with van der Waals surface area (Å²) in [6.45, 7) is 0. The molecule has 0 radical (unpaired) electrons. The number of carbonyl (C=O) groups is 1. The number of rotatable bonds is 6. The summed E-state index contributed by atoms with van der Waals surface area (Å²) < 4.78 is 30.7. The van der Waals surface area contributed by atoms with Gasteiger partial charge in [0.1, 0.15) is 10.6 Å². The highest BCUT2D eigenvalue weighted by molar-refractivity contribution is 9.10. The summed E-state index contributed by atoms with van der Waals surface area (Å²) in [6, 6.07) is 17.9. The number of methoxy groups -OCH3 is 1. The fourth-order valence-electron chi connectivity index (χ4n) is 2.70. The maximum Gasteiger partial charge on any atom is 0.261 e. The van der Waals surface area contributed by atoms with E-state index >= 15 is 0 Å². The molecular weight excluding hydrogens is 432 g/mol. The van der Waals surface area contributed by atoms with E-state index in [0.717, 1.165) is 16.3 Å². The van der Waals surface area contributed by atoms with Gasteiger partial charge in [-0.1, -0.05) is 58.4 Å². The van der Waals surface area contributed by atoms with Crippen molar-refractivity contribution < 1.29 is 17.9 Å². The number of sulfonamides is 1. The molecule has 0 aliphatic heterocycles. The van der Waals surface area contributed by atoms with Crippen LogP contribution in [0.15, 0.2) is 70.0 Å². The van der Waals surface area contributed by atoms with Gasteiger partial charge in [-0.25, -0.2) is 8.42 Å². The Morgan fingerprint density at radius 2 is 1.81 bits per heavy atom. The van der Waals surface area contributed by atoms with E-state index in [9.17, 15) is 13.2 Å². The Hall–Kier alpha value is -2.42. The van der Waals surface area contributed by atoms with Gasteiger partial charge in [-0.15, -0.1) is 4.83 Å². The molecule has 6 nitrogen and oxygen atoms in total. The molecule has 0 atom stereocenters.